The lowest BCUT2D eigenvalue weighted by molar-refractivity contribution is -0.384. The Morgan fingerprint density at radius 2 is 1.95 bits per heavy atom. The zero-order valence-corrected chi connectivity index (χ0v) is 12.8. The fourth-order valence-corrected chi connectivity index (χ4v) is 1.93. The van der Waals surface area contributed by atoms with Gasteiger partial charge in [0, 0.05) is 33.3 Å². The molecule has 2 N–H and O–H groups in total. The highest BCUT2D eigenvalue weighted by atomic mass is 16.6. The lowest BCUT2D eigenvalue weighted by atomic mass is 10.1. The number of nitrogens with two attached hydrogens (primary N) is 1. The summed E-state index contributed by atoms with van der Waals surface area (Å²) in [5.41, 5.74) is 5.97. The molecule has 0 saturated carbocycles. The number of nitro benzene ring substituents is 1. The van der Waals surface area contributed by atoms with Gasteiger partial charge < -0.3 is 20.3 Å². The number of carbonyl (C=O) groups is 1. The SMILES string of the molecule is COc1cc(N(C)C(C)C(=O)N(C)C)c([N+](=O)[O-])cc1N. The Labute approximate surface area is 123 Å². The Hall–Kier alpha value is -2.51. The highest BCUT2D eigenvalue weighted by Gasteiger charge is 2.27. The van der Waals surface area contributed by atoms with Gasteiger partial charge in [0.15, 0.2) is 0 Å². The van der Waals surface area contributed by atoms with Gasteiger partial charge in [-0.1, -0.05) is 0 Å². The predicted octanol–water partition coefficient (Wildman–Crippen LogP) is 1.10. The average molecular weight is 296 g/mol. The molecule has 0 aliphatic heterocycles. The van der Waals surface area contributed by atoms with Gasteiger partial charge in [-0.25, -0.2) is 0 Å². The molecule has 1 atom stereocenters. The largest absolute Gasteiger partial charge is 0.495 e. The first-order chi connectivity index (χ1) is 9.70. The van der Waals surface area contributed by atoms with Gasteiger partial charge >= 0.3 is 0 Å². The molecule has 0 heterocycles. The molecule has 21 heavy (non-hydrogen) atoms. The zero-order valence-electron chi connectivity index (χ0n) is 12.8. The molecule has 0 aliphatic rings. The Balaban J connectivity index is 3.33. The second kappa shape index (κ2) is 6.29. The van der Waals surface area contributed by atoms with Gasteiger partial charge in [0.1, 0.15) is 17.5 Å². The van der Waals surface area contributed by atoms with E-state index in [1.807, 2.05) is 0 Å². The van der Waals surface area contributed by atoms with E-state index in [0.29, 0.717) is 5.75 Å². The zero-order chi connectivity index (χ0) is 16.3. The molecule has 0 aliphatic carbocycles. The third kappa shape index (κ3) is 3.33. The molecule has 0 fully saturated rings. The predicted molar refractivity (Wildman–Crippen MR) is 80.6 cm³/mol. The van der Waals surface area contributed by atoms with Crippen molar-refractivity contribution in [2.75, 3.05) is 38.9 Å². The summed E-state index contributed by atoms with van der Waals surface area (Å²) >= 11 is 0. The van der Waals surface area contributed by atoms with Gasteiger partial charge in [-0.05, 0) is 6.92 Å². The normalized spacial score (nSPS) is 11.7. The first-order valence-electron chi connectivity index (χ1n) is 6.26. The summed E-state index contributed by atoms with van der Waals surface area (Å²) in [4.78, 5) is 25.6. The molecular formula is C13H20N4O4. The lowest BCUT2D eigenvalue weighted by Crippen LogP contribution is -2.43. The molecule has 0 bridgehead atoms. The average Bonchev–Trinajstić information content (AvgIpc) is 2.44. The van der Waals surface area contributed by atoms with Crippen molar-refractivity contribution in [1.29, 1.82) is 0 Å². The maximum Gasteiger partial charge on any atom is 0.294 e. The molecule has 1 aromatic rings. The van der Waals surface area contributed by atoms with E-state index in [1.165, 1.54) is 29.0 Å². The Bertz CT molecular complexity index is 559. The van der Waals surface area contributed by atoms with E-state index in [1.54, 1.807) is 28.1 Å². The van der Waals surface area contributed by atoms with Crippen molar-refractivity contribution in [3.05, 3.63) is 22.2 Å². The molecule has 1 aromatic carbocycles. The van der Waals surface area contributed by atoms with Crippen molar-refractivity contribution in [1.82, 2.24) is 4.90 Å². The summed E-state index contributed by atoms with van der Waals surface area (Å²) in [6, 6.07) is 2.14. The van der Waals surface area contributed by atoms with Crippen LogP contribution in [0.4, 0.5) is 17.1 Å². The quantitative estimate of drug-likeness (QED) is 0.496. The van der Waals surface area contributed by atoms with E-state index in [4.69, 9.17) is 10.5 Å². The first-order valence-corrected chi connectivity index (χ1v) is 6.26. The van der Waals surface area contributed by atoms with E-state index < -0.39 is 11.0 Å². The molecule has 0 radical (unpaired) electrons. The summed E-state index contributed by atoms with van der Waals surface area (Å²) in [5, 5.41) is 11.2. The molecule has 0 saturated heterocycles. The summed E-state index contributed by atoms with van der Waals surface area (Å²) in [7, 11) is 6.30. The molecular weight excluding hydrogens is 276 g/mol. The number of ether oxygens (including phenoxy) is 1. The van der Waals surface area contributed by atoms with Crippen LogP contribution in [0.3, 0.4) is 0 Å². The first kappa shape index (κ1) is 16.5. The van der Waals surface area contributed by atoms with Crippen LogP contribution in [-0.4, -0.2) is 50.0 Å². The number of nitro groups is 1. The fraction of sp³-hybridized carbons (Fsp3) is 0.462. The number of anilines is 2. The maximum atomic E-state index is 12.0. The Kier molecular flexibility index (Phi) is 4.96. The Morgan fingerprint density at radius 3 is 2.38 bits per heavy atom. The van der Waals surface area contributed by atoms with E-state index in [0.717, 1.165) is 0 Å². The number of hydrogen-bond donors (Lipinski definition) is 1. The molecule has 0 spiro atoms. The van der Waals surface area contributed by atoms with Crippen LogP contribution in [0.5, 0.6) is 5.75 Å². The van der Waals surface area contributed by atoms with Crippen LogP contribution >= 0.6 is 0 Å². The standard InChI is InChI=1S/C13H20N4O4/c1-8(13(18)15(2)3)16(4)10-7-12(21-5)9(14)6-11(10)17(19)20/h6-8H,14H2,1-5H3. The minimum absolute atomic E-state index is 0.164. The fourth-order valence-electron chi connectivity index (χ4n) is 1.93. The van der Waals surface area contributed by atoms with E-state index in [9.17, 15) is 14.9 Å². The van der Waals surface area contributed by atoms with Gasteiger partial charge in [0.25, 0.3) is 5.69 Å². The molecule has 8 nitrogen and oxygen atoms in total. The topological polar surface area (TPSA) is 102 Å². The van der Waals surface area contributed by atoms with Crippen LogP contribution in [0.1, 0.15) is 6.92 Å². The van der Waals surface area contributed by atoms with Crippen molar-refractivity contribution < 1.29 is 14.5 Å². The van der Waals surface area contributed by atoms with Crippen LogP contribution in [0.15, 0.2) is 12.1 Å². The monoisotopic (exact) mass is 296 g/mol. The lowest BCUT2D eigenvalue weighted by Gasteiger charge is -2.28. The van der Waals surface area contributed by atoms with Crippen LogP contribution in [-0.2, 0) is 4.79 Å². The number of nitrogens with zero attached hydrogens (tertiary/aromatic N) is 3. The van der Waals surface area contributed by atoms with Gasteiger partial charge in [0.2, 0.25) is 5.91 Å². The van der Waals surface area contributed by atoms with Gasteiger partial charge in [-0.3, -0.25) is 14.9 Å². The minimum Gasteiger partial charge on any atom is -0.495 e. The summed E-state index contributed by atoms with van der Waals surface area (Å²) in [6.07, 6.45) is 0. The maximum absolute atomic E-state index is 12.0. The Morgan fingerprint density at radius 1 is 1.38 bits per heavy atom. The van der Waals surface area contributed by atoms with Crippen LogP contribution in [0.2, 0.25) is 0 Å². The third-order valence-electron chi connectivity index (χ3n) is 3.28. The third-order valence-corrected chi connectivity index (χ3v) is 3.28. The number of amides is 1. The van der Waals surface area contributed by atoms with Crippen LogP contribution in [0.25, 0.3) is 0 Å². The summed E-state index contributed by atoms with van der Waals surface area (Å²) in [5.74, 6) is 0.162. The molecule has 1 unspecified atom stereocenters. The molecule has 116 valence electrons. The number of likely N-dealkylation sites (N-methyl/N-ethyl adjacent to an activating group) is 2. The van der Waals surface area contributed by atoms with Crippen molar-refractivity contribution in [3.63, 3.8) is 0 Å². The second-order valence-corrected chi connectivity index (χ2v) is 4.86. The van der Waals surface area contributed by atoms with E-state index in [-0.39, 0.29) is 23.0 Å². The number of methoxy groups -OCH3 is 1. The number of benzene rings is 1. The number of rotatable bonds is 5. The molecule has 1 rings (SSSR count). The van der Waals surface area contributed by atoms with E-state index >= 15 is 0 Å². The van der Waals surface area contributed by atoms with Gasteiger partial charge in [0.05, 0.1) is 17.7 Å². The van der Waals surface area contributed by atoms with Gasteiger partial charge in [-0.2, -0.15) is 0 Å². The van der Waals surface area contributed by atoms with E-state index in [2.05, 4.69) is 0 Å². The highest BCUT2D eigenvalue weighted by Crippen LogP contribution is 2.37. The van der Waals surface area contributed by atoms with Crippen molar-refractivity contribution in [3.8, 4) is 5.75 Å². The van der Waals surface area contributed by atoms with Crippen LogP contribution < -0.4 is 15.4 Å². The molecule has 0 aromatic heterocycles. The number of hydrogen-bond acceptors (Lipinski definition) is 6. The smallest absolute Gasteiger partial charge is 0.294 e. The number of nitrogen functional groups attached to an aromatic ring is 1. The van der Waals surface area contributed by atoms with Crippen LogP contribution in [0, 0.1) is 10.1 Å². The second-order valence-electron chi connectivity index (χ2n) is 4.86. The molecule has 1 amide bonds. The minimum atomic E-state index is -0.563. The molecule has 8 heteroatoms. The van der Waals surface area contributed by atoms with Crippen molar-refractivity contribution >= 4 is 23.0 Å². The van der Waals surface area contributed by atoms with Crippen molar-refractivity contribution in [2.24, 2.45) is 0 Å². The summed E-state index contributed by atoms with van der Waals surface area (Å²) < 4.78 is 5.09. The van der Waals surface area contributed by atoms with Crippen molar-refractivity contribution in [2.45, 2.75) is 13.0 Å². The highest BCUT2D eigenvalue weighted by molar-refractivity contribution is 5.86. The van der Waals surface area contributed by atoms with Gasteiger partial charge in [-0.15, -0.1) is 0 Å². The number of carbonyl (C=O) groups excluding carboxylic acids is 1. The summed E-state index contributed by atoms with van der Waals surface area (Å²) in [6.45, 7) is 1.68.